The van der Waals surface area contributed by atoms with E-state index < -0.39 is 21.8 Å². The molecule has 0 aliphatic rings. The van der Waals surface area contributed by atoms with E-state index in [1.54, 1.807) is 6.07 Å². The van der Waals surface area contributed by atoms with Gasteiger partial charge in [0.2, 0.25) is 10.0 Å². The summed E-state index contributed by atoms with van der Waals surface area (Å²) in [6.07, 6.45) is 0. The molecule has 0 saturated carbocycles. The van der Waals surface area contributed by atoms with Gasteiger partial charge in [-0.2, -0.15) is 0 Å². The summed E-state index contributed by atoms with van der Waals surface area (Å²) in [6.45, 7) is -0.0690. The standard InChI is InChI=1S/C12H10FNO4S2/c13-10-3-1-2-8(4-10)6-14-20(17,18)11-5-9(7-19-11)12(15)16/h1-5,7,14H,6H2,(H,15,16). The number of benzene rings is 1. The molecule has 2 aromatic rings. The molecule has 0 aliphatic heterocycles. The van der Waals surface area contributed by atoms with Crippen LogP contribution in [0, 0.1) is 5.82 Å². The molecule has 2 rings (SSSR count). The topological polar surface area (TPSA) is 83.5 Å². The number of carbonyl (C=O) groups is 1. The second-order valence-electron chi connectivity index (χ2n) is 3.91. The highest BCUT2D eigenvalue weighted by molar-refractivity contribution is 7.91. The SMILES string of the molecule is O=C(O)c1csc(S(=O)(=O)NCc2cccc(F)c2)c1. The zero-order chi connectivity index (χ0) is 14.8. The Morgan fingerprint density at radius 3 is 2.70 bits per heavy atom. The summed E-state index contributed by atoms with van der Waals surface area (Å²) < 4.78 is 39.0. The van der Waals surface area contributed by atoms with Crippen LogP contribution in [0.5, 0.6) is 0 Å². The van der Waals surface area contributed by atoms with Crippen LogP contribution in [0.25, 0.3) is 0 Å². The molecule has 0 unspecified atom stereocenters. The predicted molar refractivity (Wildman–Crippen MR) is 71.7 cm³/mol. The van der Waals surface area contributed by atoms with Gasteiger partial charge in [-0.05, 0) is 23.8 Å². The fraction of sp³-hybridized carbons (Fsp3) is 0.0833. The first-order valence-corrected chi connectivity index (χ1v) is 7.81. The highest BCUT2D eigenvalue weighted by atomic mass is 32.2. The van der Waals surface area contributed by atoms with Gasteiger partial charge < -0.3 is 5.11 Å². The maximum absolute atomic E-state index is 13.0. The molecule has 0 spiro atoms. The number of hydrogen-bond acceptors (Lipinski definition) is 4. The zero-order valence-electron chi connectivity index (χ0n) is 10.0. The van der Waals surface area contributed by atoms with E-state index in [4.69, 9.17) is 5.11 Å². The number of sulfonamides is 1. The minimum Gasteiger partial charge on any atom is -0.478 e. The molecule has 0 saturated heterocycles. The first-order chi connectivity index (χ1) is 9.38. The molecule has 20 heavy (non-hydrogen) atoms. The zero-order valence-corrected chi connectivity index (χ0v) is 11.7. The monoisotopic (exact) mass is 315 g/mol. The molecule has 0 bridgehead atoms. The van der Waals surface area contributed by atoms with E-state index in [1.807, 2.05) is 0 Å². The van der Waals surface area contributed by atoms with E-state index in [0.717, 1.165) is 17.4 Å². The third-order valence-corrected chi connectivity index (χ3v) is 5.28. The third-order valence-electron chi connectivity index (χ3n) is 2.44. The summed E-state index contributed by atoms with van der Waals surface area (Å²) in [5.41, 5.74) is 0.393. The Kier molecular flexibility index (Phi) is 4.17. The highest BCUT2D eigenvalue weighted by Crippen LogP contribution is 2.20. The maximum Gasteiger partial charge on any atom is 0.336 e. The highest BCUT2D eigenvalue weighted by Gasteiger charge is 2.18. The van der Waals surface area contributed by atoms with E-state index in [2.05, 4.69) is 4.72 Å². The molecule has 2 N–H and O–H groups in total. The van der Waals surface area contributed by atoms with Crippen molar-refractivity contribution in [3.05, 3.63) is 52.7 Å². The van der Waals surface area contributed by atoms with E-state index in [0.29, 0.717) is 5.56 Å². The van der Waals surface area contributed by atoms with E-state index >= 15 is 0 Å². The van der Waals surface area contributed by atoms with Gasteiger partial charge in [-0.1, -0.05) is 12.1 Å². The van der Waals surface area contributed by atoms with Crippen molar-refractivity contribution in [2.75, 3.05) is 0 Å². The molecule has 0 amide bonds. The number of aromatic carboxylic acids is 1. The number of hydrogen-bond donors (Lipinski definition) is 2. The largest absolute Gasteiger partial charge is 0.478 e. The van der Waals surface area contributed by atoms with Crippen LogP contribution in [-0.2, 0) is 16.6 Å². The van der Waals surface area contributed by atoms with Crippen LogP contribution in [0.4, 0.5) is 4.39 Å². The van der Waals surface area contributed by atoms with E-state index in [-0.39, 0.29) is 16.3 Å². The lowest BCUT2D eigenvalue weighted by molar-refractivity contribution is 0.0697. The smallest absolute Gasteiger partial charge is 0.336 e. The fourth-order valence-electron chi connectivity index (χ4n) is 1.47. The molecule has 1 heterocycles. The fourth-order valence-corrected chi connectivity index (χ4v) is 3.68. The van der Waals surface area contributed by atoms with Crippen molar-refractivity contribution in [3.63, 3.8) is 0 Å². The van der Waals surface area contributed by atoms with Crippen molar-refractivity contribution < 1.29 is 22.7 Å². The first-order valence-electron chi connectivity index (χ1n) is 5.44. The number of carboxylic acids is 1. The number of rotatable bonds is 5. The van der Waals surface area contributed by atoms with Crippen LogP contribution in [0.15, 0.2) is 39.9 Å². The van der Waals surface area contributed by atoms with Crippen molar-refractivity contribution in [2.45, 2.75) is 10.8 Å². The molecule has 1 aromatic heterocycles. The van der Waals surface area contributed by atoms with E-state index in [1.165, 1.54) is 23.6 Å². The minimum absolute atomic E-state index is 0.0690. The summed E-state index contributed by atoms with van der Waals surface area (Å²) in [7, 11) is -3.80. The van der Waals surface area contributed by atoms with Crippen molar-refractivity contribution in [1.82, 2.24) is 4.72 Å². The molecule has 1 aromatic carbocycles. The van der Waals surface area contributed by atoms with Gasteiger partial charge in [-0.15, -0.1) is 11.3 Å². The minimum atomic E-state index is -3.80. The van der Waals surface area contributed by atoms with Gasteiger partial charge in [0.05, 0.1) is 5.56 Å². The lowest BCUT2D eigenvalue weighted by Gasteiger charge is -2.04. The first kappa shape index (κ1) is 14.6. The summed E-state index contributed by atoms with van der Waals surface area (Å²) in [5.74, 6) is -1.64. The molecule has 106 valence electrons. The molecular weight excluding hydrogens is 305 g/mol. The van der Waals surface area contributed by atoms with Gasteiger partial charge in [0.1, 0.15) is 10.0 Å². The van der Waals surface area contributed by atoms with Crippen LogP contribution in [0.2, 0.25) is 0 Å². The molecule has 0 fully saturated rings. The van der Waals surface area contributed by atoms with Gasteiger partial charge in [-0.3, -0.25) is 0 Å². The maximum atomic E-state index is 13.0. The van der Waals surface area contributed by atoms with E-state index in [9.17, 15) is 17.6 Å². The molecule has 0 atom stereocenters. The van der Waals surface area contributed by atoms with Crippen molar-refractivity contribution >= 4 is 27.3 Å². The van der Waals surface area contributed by atoms with Crippen molar-refractivity contribution in [3.8, 4) is 0 Å². The molecule has 8 heteroatoms. The average Bonchev–Trinajstić information content (AvgIpc) is 2.87. The van der Waals surface area contributed by atoms with Crippen LogP contribution in [0.1, 0.15) is 15.9 Å². The van der Waals surface area contributed by atoms with Gasteiger partial charge in [0, 0.05) is 11.9 Å². The van der Waals surface area contributed by atoms with Gasteiger partial charge in [0.15, 0.2) is 0 Å². The average molecular weight is 315 g/mol. The lowest BCUT2D eigenvalue weighted by atomic mass is 10.2. The Morgan fingerprint density at radius 2 is 2.10 bits per heavy atom. The Balaban J connectivity index is 2.12. The molecule has 0 radical (unpaired) electrons. The quantitative estimate of drug-likeness (QED) is 0.884. The van der Waals surface area contributed by atoms with Crippen LogP contribution < -0.4 is 4.72 Å². The second-order valence-corrected chi connectivity index (χ2v) is 6.82. The Labute approximate surface area is 118 Å². The second kappa shape index (κ2) is 5.70. The van der Waals surface area contributed by atoms with Crippen LogP contribution >= 0.6 is 11.3 Å². The summed E-state index contributed by atoms with van der Waals surface area (Å²) >= 11 is 0.818. The number of halogens is 1. The Hall–Kier alpha value is -1.77. The lowest BCUT2D eigenvalue weighted by Crippen LogP contribution is -2.22. The number of carboxylic acid groups (broad SMARTS) is 1. The van der Waals surface area contributed by atoms with Crippen LogP contribution in [0.3, 0.4) is 0 Å². The van der Waals surface area contributed by atoms with Gasteiger partial charge in [0.25, 0.3) is 0 Å². The number of thiophene rings is 1. The Morgan fingerprint density at radius 1 is 1.35 bits per heavy atom. The summed E-state index contributed by atoms with van der Waals surface area (Å²) in [5, 5.41) is 10.0. The molecule has 0 aliphatic carbocycles. The van der Waals surface area contributed by atoms with Crippen molar-refractivity contribution in [1.29, 1.82) is 0 Å². The normalized spacial score (nSPS) is 11.4. The summed E-state index contributed by atoms with van der Waals surface area (Å²) in [6, 6.07) is 6.63. The van der Waals surface area contributed by atoms with Crippen LogP contribution in [-0.4, -0.2) is 19.5 Å². The summed E-state index contributed by atoms with van der Waals surface area (Å²) in [4.78, 5) is 10.7. The predicted octanol–water partition coefficient (Wildman–Crippen LogP) is 2.06. The Bertz CT molecular complexity index is 739. The molecule has 5 nitrogen and oxygen atoms in total. The van der Waals surface area contributed by atoms with Gasteiger partial charge in [-0.25, -0.2) is 22.3 Å². The third kappa shape index (κ3) is 3.41. The van der Waals surface area contributed by atoms with Crippen molar-refractivity contribution in [2.24, 2.45) is 0 Å². The molecular formula is C12H10FNO4S2. The number of nitrogens with one attached hydrogen (secondary N) is 1. The van der Waals surface area contributed by atoms with Gasteiger partial charge >= 0.3 is 5.97 Å².